The van der Waals surface area contributed by atoms with Gasteiger partial charge in [-0.15, -0.1) is 0 Å². The molecule has 84 valence electrons. The molecule has 0 fully saturated rings. The molecule has 0 unspecified atom stereocenters. The van der Waals surface area contributed by atoms with E-state index < -0.39 is 0 Å². The van der Waals surface area contributed by atoms with Crippen LogP contribution in [0.5, 0.6) is 5.75 Å². The summed E-state index contributed by atoms with van der Waals surface area (Å²) in [5, 5.41) is 0. The van der Waals surface area contributed by atoms with Crippen molar-refractivity contribution in [3.63, 3.8) is 0 Å². The van der Waals surface area contributed by atoms with Gasteiger partial charge in [-0.05, 0) is 28.4 Å². The third-order valence-electron chi connectivity index (χ3n) is 2.06. The molecule has 1 rings (SSSR count). The van der Waals surface area contributed by atoms with Gasteiger partial charge < -0.3 is 10.5 Å². The van der Waals surface area contributed by atoms with E-state index in [0.29, 0.717) is 22.5 Å². The van der Waals surface area contributed by atoms with Crippen molar-refractivity contribution in [2.24, 2.45) is 0 Å². The number of halogens is 2. The van der Waals surface area contributed by atoms with Gasteiger partial charge in [-0.1, -0.05) is 19.8 Å². The van der Waals surface area contributed by atoms with Crippen molar-refractivity contribution in [2.45, 2.75) is 26.2 Å². The molecule has 0 aromatic heterocycles. The Bertz CT molecular complexity index is 331. The Labute approximate surface area is 97.7 Å². The third kappa shape index (κ3) is 3.70. The molecular formula is C11H15BrFNO. The lowest BCUT2D eigenvalue weighted by molar-refractivity contribution is 0.307. The van der Waals surface area contributed by atoms with E-state index in [0.717, 1.165) is 19.3 Å². The van der Waals surface area contributed by atoms with Crippen LogP contribution in [-0.4, -0.2) is 6.61 Å². The first-order chi connectivity index (χ1) is 7.15. The number of anilines is 1. The largest absolute Gasteiger partial charge is 0.491 e. The van der Waals surface area contributed by atoms with E-state index in [1.165, 1.54) is 6.07 Å². The van der Waals surface area contributed by atoms with Gasteiger partial charge in [0.15, 0.2) is 0 Å². The van der Waals surface area contributed by atoms with E-state index in [1.54, 1.807) is 6.07 Å². The summed E-state index contributed by atoms with van der Waals surface area (Å²) in [6, 6.07) is 2.83. The number of nitrogen functional groups attached to an aromatic ring is 1. The minimum atomic E-state index is -0.367. The Hall–Kier alpha value is -0.770. The number of rotatable bonds is 5. The molecule has 0 saturated carbocycles. The van der Waals surface area contributed by atoms with Gasteiger partial charge in [0, 0.05) is 6.07 Å². The molecule has 0 aliphatic carbocycles. The van der Waals surface area contributed by atoms with E-state index in [4.69, 9.17) is 10.5 Å². The highest BCUT2D eigenvalue weighted by atomic mass is 79.9. The Balaban J connectivity index is 2.57. The fraction of sp³-hybridized carbons (Fsp3) is 0.455. The summed E-state index contributed by atoms with van der Waals surface area (Å²) < 4.78 is 18.9. The van der Waals surface area contributed by atoms with Crippen LogP contribution in [0, 0.1) is 5.82 Å². The Kier molecular flexibility index (Phi) is 4.88. The van der Waals surface area contributed by atoms with Crippen molar-refractivity contribution in [3.8, 4) is 5.75 Å². The average molecular weight is 276 g/mol. The maximum Gasteiger partial charge on any atom is 0.143 e. The third-order valence-corrected chi connectivity index (χ3v) is 2.67. The van der Waals surface area contributed by atoms with E-state index in [1.807, 2.05) is 0 Å². The van der Waals surface area contributed by atoms with Gasteiger partial charge in [0.2, 0.25) is 0 Å². The standard InChI is InChI=1S/C11H15BrFNO/c1-2-3-4-5-15-11-6-8(12)9(13)7-10(11)14/h6-7H,2-5,14H2,1H3. The Morgan fingerprint density at radius 3 is 2.80 bits per heavy atom. The maximum atomic E-state index is 13.0. The summed E-state index contributed by atoms with van der Waals surface area (Å²) >= 11 is 3.09. The van der Waals surface area contributed by atoms with Gasteiger partial charge in [-0.25, -0.2) is 4.39 Å². The number of benzene rings is 1. The minimum absolute atomic E-state index is 0.340. The lowest BCUT2D eigenvalue weighted by Crippen LogP contribution is -2.01. The Morgan fingerprint density at radius 2 is 2.13 bits per heavy atom. The van der Waals surface area contributed by atoms with Crippen LogP contribution in [0.3, 0.4) is 0 Å². The predicted molar refractivity (Wildman–Crippen MR) is 63.5 cm³/mol. The number of hydrogen-bond donors (Lipinski definition) is 1. The molecule has 0 amide bonds. The summed E-state index contributed by atoms with van der Waals surface area (Å²) in [5.41, 5.74) is 5.96. The molecule has 0 heterocycles. The summed E-state index contributed by atoms with van der Waals surface area (Å²) in [4.78, 5) is 0. The second-order valence-electron chi connectivity index (χ2n) is 3.36. The minimum Gasteiger partial charge on any atom is -0.491 e. The average Bonchev–Trinajstić information content (AvgIpc) is 2.20. The summed E-state index contributed by atoms with van der Waals surface area (Å²) in [6.45, 7) is 2.75. The zero-order chi connectivity index (χ0) is 11.3. The molecule has 4 heteroatoms. The van der Waals surface area contributed by atoms with Gasteiger partial charge in [-0.3, -0.25) is 0 Å². The van der Waals surface area contributed by atoms with Gasteiger partial charge in [0.1, 0.15) is 11.6 Å². The predicted octanol–water partition coefficient (Wildman–Crippen LogP) is 3.74. The quantitative estimate of drug-likeness (QED) is 0.656. The molecule has 0 spiro atoms. The van der Waals surface area contributed by atoms with Gasteiger partial charge in [0.05, 0.1) is 16.8 Å². The van der Waals surface area contributed by atoms with Crippen molar-refractivity contribution in [2.75, 3.05) is 12.3 Å². The topological polar surface area (TPSA) is 35.2 Å². The van der Waals surface area contributed by atoms with Gasteiger partial charge in [0.25, 0.3) is 0 Å². The molecule has 0 atom stereocenters. The van der Waals surface area contributed by atoms with Crippen molar-refractivity contribution >= 4 is 21.6 Å². The molecule has 0 radical (unpaired) electrons. The number of ether oxygens (including phenoxy) is 1. The molecule has 2 nitrogen and oxygen atoms in total. The highest BCUT2D eigenvalue weighted by Crippen LogP contribution is 2.28. The lowest BCUT2D eigenvalue weighted by atomic mass is 10.2. The zero-order valence-electron chi connectivity index (χ0n) is 8.72. The van der Waals surface area contributed by atoms with Crippen molar-refractivity contribution < 1.29 is 9.13 Å². The summed E-state index contributed by atoms with van der Waals surface area (Å²) in [6.07, 6.45) is 3.26. The fourth-order valence-electron chi connectivity index (χ4n) is 1.20. The fourth-order valence-corrected chi connectivity index (χ4v) is 1.53. The van der Waals surface area contributed by atoms with Crippen LogP contribution >= 0.6 is 15.9 Å². The number of nitrogens with two attached hydrogens (primary N) is 1. The number of hydrogen-bond acceptors (Lipinski definition) is 2. The Morgan fingerprint density at radius 1 is 1.40 bits per heavy atom. The van der Waals surface area contributed by atoms with E-state index in [9.17, 15) is 4.39 Å². The highest BCUT2D eigenvalue weighted by Gasteiger charge is 2.06. The molecule has 15 heavy (non-hydrogen) atoms. The number of unbranched alkanes of at least 4 members (excludes halogenated alkanes) is 2. The van der Waals surface area contributed by atoms with Crippen LogP contribution < -0.4 is 10.5 Å². The smallest absolute Gasteiger partial charge is 0.143 e. The van der Waals surface area contributed by atoms with E-state index in [-0.39, 0.29) is 5.82 Å². The lowest BCUT2D eigenvalue weighted by Gasteiger charge is -2.09. The monoisotopic (exact) mass is 275 g/mol. The molecule has 2 N–H and O–H groups in total. The van der Waals surface area contributed by atoms with Gasteiger partial charge in [-0.2, -0.15) is 0 Å². The second kappa shape index (κ2) is 5.95. The van der Waals surface area contributed by atoms with Crippen LogP contribution in [-0.2, 0) is 0 Å². The van der Waals surface area contributed by atoms with Crippen LogP contribution in [0.4, 0.5) is 10.1 Å². The van der Waals surface area contributed by atoms with Crippen LogP contribution in [0.25, 0.3) is 0 Å². The first-order valence-corrected chi connectivity index (χ1v) is 5.81. The van der Waals surface area contributed by atoms with Gasteiger partial charge >= 0.3 is 0 Å². The van der Waals surface area contributed by atoms with Crippen LogP contribution in [0.1, 0.15) is 26.2 Å². The normalized spacial score (nSPS) is 10.3. The SMILES string of the molecule is CCCCCOc1cc(Br)c(F)cc1N. The highest BCUT2D eigenvalue weighted by molar-refractivity contribution is 9.10. The van der Waals surface area contributed by atoms with E-state index in [2.05, 4.69) is 22.9 Å². The van der Waals surface area contributed by atoms with Crippen LogP contribution in [0.2, 0.25) is 0 Å². The molecule has 1 aromatic carbocycles. The molecule has 0 aliphatic rings. The van der Waals surface area contributed by atoms with Crippen molar-refractivity contribution in [1.29, 1.82) is 0 Å². The molecule has 0 aliphatic heterocycles. The summed E-state index contributed by atoms with van der Waals surface area (Å²) in [7, 11) is 0. The molecule has 1 aromatic rings. The zero-order valence-corrected chi connectivity index (χ0v) is 10.3. The maximum absolute atomic E-state index is 13.0. The molecule has 0 bridgehead atoms. The van der Waals surface area contributed by atoms with Crippen LogP contribution in [0.15, 0.2) is 16.6 Å². The molecular weight excluding hydrogens is 261 g/mol. The summed E-state index contributed by atoms with van der Waals surface area (Å²) in [5.74, 6) is 0.174. The van der Waals surface area contributed by atoms with E-state index >= 15 is 0 Å². The van der Waals surface area contributed by atoms with Crippen molar-refractivity contribution in [3.05, 3.63) is 22.4 Å². The molecule has 0 saturated heterocycles. The second-order valence-corrected chi connectivity index (χ2v) is 4.21. The first kappa shape index (κ1) is 12.3. The first-order valence-electron chi connectivity index (χ1n) is 5.02. The van der Waals surface area contributed by atoms with Crippen molar-refractivity contribution in [1.82, 2.24) is 0 Å².